The molecule has 0 amide bonds. The van der Waals surface area contributed by atoms with Gasteiger partial charge in [0.2, 0.25) is 5.96 Å². The molecule has 1 aliphatic rings. The van der Waals surface area contributed by atoms with Crippen molar-refractivity contribution in [2.75, 3.05) is 40.0 Å². The Hall–Kier alpha value is -0.850. The van der Waals surface area contributed by atoms with E-state index in [1.54, 1.807) is 7.11 Å². The van der Waals surface area contributed by atoms with Gasteiger partial charge in [0, 0.05) is 33.4 Å². The fourth-order valence-electron chi connectivity index (χ4n) is 1.32. The van der Waals surface area contributed by atoms with Crippen molar-refractivity contribution in [1.82, 2.24) is 10.7 Å². The highest BCUT2D eigenvalue weighted by molar-refractivity contribution is 5.79. The first-order valence-electron chi connectivity index (χ1n) is 6.18. The summed E-state index contributed by atoms with van der Waals surface area (Å²) in [5.74, 6) is 6.76. The molecule has 0 atom stereocenters. The van der Waals surface area contributed by atoms with Crippen molar-refractivity contribution < 1.29 is 9.47 Å². The Kier molecular flexibility index (Phi) is 7.70. The molecule has 1 rings (SSSR count). The molecule has 0 heterocycles. The first-order valence-corrected chi connectivity index (χ1v) is 6.18. The van der Waals surface area contributed by atoms with E-state index in [-0.39, 0.29) is 0 Å². The Balaban J connectivity index is 1.94. The summed E-state index contributed by atoms with van der Waals surface area (Å²) >= 11 is 0. The van der Waals surface area contributed by atoms with E-state index >= 15 is 0 Å². The molecule has 0 aromatic heterocycles. The Morgan fingerprint density at radius 2 is 2.24 bits per heavy atom. The minimum atomic E-state index is 0.601. The van der Waals surface area contributed by atoms with Crippen LogP contribution >= 0.6 is 0 Å². The predicted octanol–water partition coefficient (Wildman–Crippen LogP) is -0.142. The van der Waals surface area contributed by atoms with Gasteiger partial charge in [0.1, 0.15) is 0 Å². The molecule has 0 bridgehead atoms. The summed E-state index contributed by atoms with van der Waals surface area (Å²) in [4.78, 5) is 4.28. The topological polar surface area (TPSA) is 80.9 Å². The number of nitrogens with zero attached hydrogens (tertiary/aromatic N) is 1. The molecule has 1 saturated carbocycles. The van der Waals surface area contributed by atoms with Crippen molar-refractivity contribution in [3.05, 3.63) is 0 Å². The number of hydrogen-bond donors (Lipinski definition) is 3. The van der Waals surface area contributed by atoms with Gasteiger partial charge in [0.25, 0.3) is 0 Å². The number of nitrogens with two attached hydrogens (primary N) is 1. The maximum atomic E-state index is 5.51. The molecule has 0 saturated heterocycles. The maximum absolute atomic E-state index is 5.51. The zero-order valence-corrected chi connectivity index (χ0v) is 10.6. The largest absolute Gasteiger partial charge is 0.383 e. The van der Waals surface area contributed by atoms with Crippen LogP contribution in [0.25, 0.3) is 0 Å². The summed E-state index contributed by atoms with van der Waals surface area (Å²) in [7, 11) is 1.66. The van der Waals surface area contributed by atoms with E-state index in [1.165, 1.54) is 12.8 Å². The second-order valence-electron chi connectivity index (χ2n) is 4.17. The standard InChI is InChI=1S/C11H24N4O2/c1-16-8-6-14-11(15-12)13-5-2-7-17-9-10-3-4-10/h10H,2-9,12H2,1H3,(H2,13,14,15). The fourth-order valence-corrected chi connectivity index (χ4v) is 1.32. The normalized spacial score (nSPS) is 16.0. The summed E-state index contributed by atoms with van der Waals surface area (Å²) in [5.41, 5.74) is 2.52. The molecule has 0 aromatic rings. The molecular weight excluding hydrogens is 220 g/mol. The molecule has 100 valence electrons. The Morgan fingerprint density at radius 3 is 2.88 bits per heavy atom. The van der Waals surface area contributed by atoms with Crippen LogP contribution < -0.4 is 16.6 Å². The number of hydrazine groups is 1. The molecule has 1 aliphatic carbocycles. The number of rotatable bonds is 9. The van der Waals surface area contributed by atoms with Crippen molar-refractivity contribution >= 4 is 5.96 Å². The first-order chi connectivity index (χ1) is 8.36. The Morgan fingerprint density at radius 1 is 1.41 bits per heavy atom. The highest BCUT2D eigenvalue weighted by Crippen LogP contribution is 2.28. The van der Waals surface area contributed by atoms with Crippen LogP contribution in [0.15, 0.2) is 4.99 Å². The smallest absolute Gasteiger partial charge is 0.205 e. The van der Waals surface area contributed by atoms with E-state index < -0.39 is 0 Å². The molecule has 0 aliphatic heterocycles. The lowest BCUT2D eigenvalue weighted by molar-refractivity contribution is 0.123. The highest BCUT2D eigenvalue weighted by atomic mass is 16.5. The first kappa shape index (κ1) is 14.2. The van der Waals surface area contributed by atoms with Crippen molar-refractivity contribution in [3.63, 3.8) is 0 Å². The molecule has 0 spiro atoms. The summed E-state index contributed by atoms with van der Waals surface area (Å²) < 4.78 is 10.4. The monoisotopic (exact) mass is 244 g/mol. The average molecular weight is 244 g/mol. The van der Waals surface area contributed by atoms with E-state index in [1.807, 2.05) is 0 Å². The zero-order valence-electron chi connectivity index (χ0n) is 10.6. The molecule has 1 fully saturated rings. The minimum Gasteiger partial charge on any atom is -0.383 e. The number of ether oxygens (including phenoxy) is 2. The third-order valence-corrected chi connectivity index (χ3v) is 2.50. The summed E-state index contributed by atoms with van der Waals surface area (Å²) in [6.45, 7) is 3.72. The molecule has 0 radical (unpaired) electrons. The molecular formula is C11H24N4O2. The predicted molar refractivity (Wildman–Crippen MR) is 67.7 cm³/mol. The number of hydrogen-bond acceptors (Lipinski definition) is 4. The van der Waals surface area contributed by atoms with E-state index in [2.05, 4.69) is 15.7 Å². The van der Waals surface area contributed by atoms with E-state index in [0.717, 1.165) is 25.6 Å². The Labute approximate surface area is 103 Å². The number of methoxy groups -OCH3 is 1. The van der Waals surface area contributed by atoms with Gasteiger partial charge in [-0.3, -0.25) is 10.4 Å². The SMILES string of the molecule is COCCNC(=NCCCOCC1CC1)NN. The fraction of sp³-hybridized carbons (Fsp3) is 0.909. The van der Waals surface area contributed by atoms with Crippen LogP contribution in [-0.2, 0) is 9.47 Å². The van der Waals surface area contributed by atoms with Crippen LogP contribution in [0.1, 0.15) is 19.3 Å². The molecule has 4 N–H and O–H groups in total. The van der Waals surface area contributed by atoms with E-state index in [4.69, 9.17) is 15.3 Å². The third kappa shape index (κ3) is 7.95. The molecule has 6 nitrogen and oxygen atoms in total. The number of nitrogens with one attached hydrogen (secondary N) is 2. The summed E-state index contributed by atoms with van der Waals surface area (Å²) in [6, 6.07) is 0. The number of aliphatic imine (C=N–C) groups is 1. The summed E-state index contributed by atoms with van der Waals surface area (Å²) in [5, 5.41) is 3.04. The lowest BCUT2D eigenvalue weighted by Gasteiger charge is -2.08. The third-order valence-electron chi connectivity index (χ3n) is 2.50. The van der Waals surface area contributed by atoms with Gasteiger partial charge in [0.05, 0.1) is 6.61 Å². The maximum Gasteiger partial charge on any atom is 0.205 e. The minimum absolute atomic E-state index is 0.601. The van der Waals surface area contributed by atoms with Gasteiger partial charge in [-0.2, -0.15) is 0 Å². The lowest BCUT2D eigenvalue weighted by atomic mass is 10.4. The van der Waals surface area contributed by atoms with Gasteiger partial charge in [-0.1, -0.05) is 0 Å². The zero-order chi connectivity index (χ0) is 12.3. The second kappa shape index (κ2) is 9.21. The van der Waals surface area contributed by atoms with Gasteiger partial charge in [-0.15, -0.1) is 0 Å². The molecule has 0 aromatic carbocycles. The molecule has 6 heteroatoms. The van der Waals surface area contributed by atoms with Crippen LogP contribution in [0.5, 0.6) is 0 Å². The van der Waals surface area contributed by atoms with Crippen LogP contribution in [0.3, 0.4) is 0 Å². The summed E-state index contributed by atoms with van der Waals surface area (Å²) in [6.07, 6.45) is 3.59. The van der Waals surface area contributed by atoms with Crippen LogP contribution in [0.2, 0.25) is 0 Å². The van der Waals surface area contributed by atoms with Crippen molar-refractivity contribution in [1.29, 1.82) is 0 Å². The van der Waals surface area contributed by atoms with Gasteiger partial charge in [-0.05, 0) is 25.2 Å². The molecule has 17 heavy (non-hydrogen) atoms. The van der Waals surface area contributed by atoms with E-state index in [0.29, 0.717) is 25.7 Å². The van der Waals surface area contributed by atoms with Crippen molar-refractivity contribution in [2.45, 2.75) is 19.3 Å². The van der Waals surface area contributed by atoms with Gasteiger partial charge < -0.3 is 14.8 Å². The van der Waals surface area contributed by atoms with Crippen LogP contribution in [-0.4, -0.2) is 46.0 Å². The van der Waals surface area contributed by atoms with Crippen LogP contribution in [0.4, 0.5) is 0 Å². The average Bonchev–Trinajstić information content (AvgIpc) is 3.15. The Bertz CT molecular complexity index is 220. The van der Waals surface area contributed by atoms with E-state index in [9.17, 15) is 0 Å². The second-order valence-corrected chi connectivity index (χ2v) is 4.17. The van der Waals surface area contributed by atoms with Gasteiger partial charge in [-0.25, -0.2) is 5.84 Å². The quantitative estimate of drug-likeness (QED) is 0.173. The van der Waals surface area contributed by atoms with Crippen molar-refractivity contribution in [2.24, 2.45) is 16.8 Å². The van der Waals surface area contributed by atoms with Crippen LogP contribution in [0, 0.1) is 5.92 Å². The van der Waals surface area contributed by atoms with Gasteiger partial charge in [0.15, 0.2) is 0 Å². The molecule has 0 unspecified atom stereocenters. The van der Waals surface area contributed by atoms with Crippen molar-refractivity contribution in [3.8, 4) is 0 Å². The lowest BCUT2D eigenvalue weighted by Crippen LogP contribution is -2.42. The van der Waals surface area contributed by atoms with Gasteiger partial charge >= 0.3 is 0 Å². The number of guanidine groups is 1. The highest BCUT2D eigenvalue weighted by Gasteiger charge is 2.20.